The molecule has 0 bridgehead atoms. The fourth-order valence-electron chi connectivity index (χ4n) is 4.19. The Kier molecular flexibility index (Phi) is 6.48. The maximum absolute atomic E-state index is 12.7. The zero-order valence-electron chi connectivity index (χ0n) is 17.0. The van der Waals surface area contributed by atoms with Gasteiger partial charge in [0.1, 0.15) is 5.75 Å². The van der Waals surface area contributed by atoms with Crippen molar-refractivity contribution in [3.05, 3.63) is 23.8 Å². The second-order valence-electron chi connectivity index (χ2n) is 7.85. The lowest BCUT2D eigenvalue weighted by Gasteiger charge is -2.39. The molecule has 0 saturated carbocycles. The van der Waals surface area contributed by atoms with Gasteiger partial charge >= 0.3 is 0 Å². The van der Waals surface area contributed by atoms with Crippen LogP contribution in [0, 0.1) is 0 Å². The van der Waals surface area contributed by atoms with Crippen LogP contribution < -0.4 is 10.5 Å². The van der Waals surface area contributed by atoms with Crippen LogP contribution in [0.1, 0.15) is 56.3 Å². The predicted octanol–water partition coefficient (Wildman–Crippen LogP) is 1.74. The van der Waals surface area contributed by atoms with Gasteiger partial charge in [-0.3, -0.25) is 9.59 Å². The first-order valence-electron chi connectivity index (χ1n) is 10.1. The number of piperidine rings is 1. The highest BCUT2D eigenvalue weighted by atomic mass is 32.2. The van der Waals surface area contributed by atoms with Gasteiger partial charge in [0.05, 0.1) is 10.5 Å². The molecule has 3 rings (SSSR count). The van der Waals surface area contributed by atoms with Crippen LogP contribution >= 0.6 is 0 Å². The number of nitrogens with two attached hydrogens (primary N) is 1. The van der Waals surface area contributed by atoms with Gasteiger partial charge in [-0.15, -0.1) is 0 Å². The number of benzene rings is 1. The van der Waals surface area contributed by atoms with Crippen LogP contribution in [-0.4, -0.2) is 61.2 Å². The van der Waals surface area contributed by atoms with Crippen molar-refractivity contribution < 1.29 is 22.7 Å². The molecule has 2 saturated heterocycles. The smallest absolute Gasteiger partial charge is 0.260 e. The second kappa shape index (κ2) is 8.71. The van der Waals surface area contributed by atoms with Gasteiger partial charge in [0.25, 0.3) is 11.8 Å². The summed E-state index contributed by atoms with van der Waals surface area (Å²) in [4.78, 5) is 26.4. The van der Waals surface area contributed by atoms with Crippen molar-refractivity contribution in [3.63, 3.8) is 0 Å². The molecular formula is C20H29N3O5S. The summed E-state index contributed by atoms with van der Waals surface area (Å²) in [5.74, 6) is -0.844. The van der Waals surface area contributed by atoms with Gasteiger partial charge in [0.2, 0.25) is 10.0 Å². The Morgan fingerprint density at radius 3 is 2.31 bits per heavy atom. The van der Waals surface area contributed by atoms with Crippen LogP contribution in [0.15, 0.2) is 23.1 Å². The quantitative estimate of drug-likeness (QED) is 0.749. The number of nitrogens with zero attached hydrogens (tertiary/aromatic N) is 2. The largest absolute Gasteiger partial charge is 0.483 e. The molecule has 1 aromatic carbocycles. The average Bonchev–Trinajstić information content (AvgIpc) is 3.21. The molecule has 0 aromatic heterocycles. The van der Waals surface area contributed by atoms with E-state index in [-0.39, 0.29) is 40.8 Å². The van der Waals surface area contributed by atoms with E-state index in [0.717, 1.165) is 32.1 Å². The normalized spacial score (nSPS) is 23.2. The molecule has 2 N–H and O–H groups in total. The minimum atomic E-state index is -3.68. The standard InChI is InChI=1S/C20H29N3O5S/c1-14-6-5-7-15(2)23(14)19(24)13-28-18-9-8-16(12-17(18)20(21)25)29(26,27)22-10-3-4-11-22/h8-9,12,14-15H,3-7,10-11,13H2,1-2H3,(H2,21,25)/t14-,15+. The van der Waals surface area contributed by atoms with Crippen molar-refractivity contribution in [2.75, 3.05) is 19.7 Å². The number of rotatable bonds is 6. The first-order chi connectivity index (χ1) is 13.7. The Morgan fingerprint density at radius 2 is 1.72 bits per heavy atom. The lowest BCUT2D eigenvalue weighted by Crippen LogP contribution is -2.49. The van der Waals surface area contributed by atoms with Gasteiger partial charge < -0.3 is 15.4 Å². The molecule has 2 heterocycles. The van der Waals surface area contributed by atoms with Crippen LogP contribution in [0.2, 0.25) is 0 Å². The van der Waals surface area contributed by atoms with Gasteiger partial charge in [0.15, 0.2) is 6.61 Å². The molecule has 160 valence electrons. The van der Waals surface area contributed by atoms with Gasteiger partial charge in [-0.1, -0.05) is 0 Å². The maximum atomic E-state index is 12.7. The average molecular weight is 424 g/mol. The summed E-state index contributed by atoms with van der Waals surface area (Å²) in [6, 6.07) is 4.31. The highest BCUT2D eigenvalue weighted by molar-refractivity contribution is 7.89. The van der Waals surface area contributed by atoms with Crippen molar-refractivity contribution >= 4 is 21.8 Å². The Morgan fingerprint density at radius 1 is 1.10 bits per heavy atom. The summed E-state index contributed by atoms with van der Waals surface area (Å²) < 4.78 is 32.5. The summed E-state index contributed by atoms with van der Waals surface area (Å²) in [7, 11) is -3.68. The molecule has 29 heavy (non-hydrogen) atoms. The van der Waals surface area contributed by atoms with E-state index < -0.39 is 15.9 Å². The van der Waals surface area contributed by atoms with Gasteiger partial charge in [-0.2, -0.15) is 4.31 Å². The molecule has 0 aliphatic carbocycles. The van der Waals surface area contributed by atoms with E-state index in [9.17, 15) is 18.0 Å². The summed E-state index contributed by atoms with van der Waals surface area (Å²) in [6.07, 6.45) is 4.63. The first kappa shape index (κ1) is 21.6. The van der Waals surface area contributed by atoms with Gasteiger partial charge in [-0.05, 0) is 64.2 Å². The molecule has 2 aliphatic heterocycles. The van der Waals surface area contributed by atoms with Crippen LogP contribution in [-0.2, 0) is 14.8 Å². The number of sulfonamides is 1. The Bertz CT molecular complexity index is 870. The van der Waals surface area contributed by atoms with Crippen molar-refractivity contribution in [3.8, 4) is 5.75 Å². The third-order valence-corrected chi connectivity index (χ3v) is 7.65. The number of ether oxygens (including phenoxy) is 1. The van der Waals surface area contributed by atoms with Crippen LogP contribution in [0.25, 0.3) is 0 Å². The molecule has 9 heteroatoms. The summed E-state index contributed by atoms with van der Waals surface area (Å²) in [6.45, 7) is 4.73. The predicted molar refractivity (Wildman–Crippen MR) is 108 cm³/mol. The maximum Gasteiger partial charge on any atom is 0.260 e. The molecule has 0 unspecified atom stereocenters. The third kappa shape index (κ3) is 4.56. The summed E-state index contributed by atoms with van der Waals surface area (Å²) >= 11 is 0. The van der Waals surface area contributed by atoms with E-state index in [1.807, 2.05) is 18.7 Å². The van der Waals surface area contributed by atoms with E-state index in [1.165, 1.54) is 22.5 Å². The van der Waals surface area contributed by atoms with E-state index in [0.29, 0.717) is 13.1 Å². The number of carbonyl (C=O) groups is 2. The van der Waals surface area contributed by atoms with E-state index in [4.69, 9.17) is 10.5 Å². The van der Waals surface area contributed by atoms with Crippen LogP contribution in [0.3, 0.4) is 0 Å². The number of likely N-dealkylation sites (tertiary alicyclic amines) is 1. The topological polar surface area (TPSA) is 110 Å². The summed E-state index contributed by atoms with van der Waals surface area (Å²) in [5, 5.41) is 0. The SMILES string of the molecule is C[C@@H]1CCC[C@H](C)N1C(=O)COc1ccc(S(=O)(=O)N2CCCC2)cc1C(N)=O. The van der Waals surface area contributed by atoms with Crippen molar-refractivity contribution in [1.82, 2.24) is 9.21 Å². The second-order valence-corrected chi connectivity index (χ2v) is 9.79. The molecule has 8 nitrogen and oxygen atoms in total. The van der Waals surface area contributed by atoms with Crippen molar-refractivity contribution in [2.24, 2.45) is 5.73 Å². The molecule has 0 radical (unpaired) electrons. The molecule has 1 aromatic rings. The molecule has 2 atom stereocenters. The van der Waals surface area contributed by atoms with E-state index >= 15 is 0 Å². The van der Waals surface area contributed by atoms with E-state index in [1.54, 1.807) is 0 Å². The Labute approximate surface area is 172 Å². The minimum Gasteiger partial charge on any atom is -0.483 e. The number of carbonyl (C=O) groups excluding carboxylic acids is 2. The molecule has 2 aliphatic rings. The zero-order valence-corrected chi connectivity index (χ0v) is 17.8. The number of amides is 2. The number of hydrogen-bond donors (Lipinski definition) is 1. The van der Waals surface area contributed by atoms with Crippen LogP contribution in [0.4, 0.5) is 0 Å². The fourth-order valence-corrected chi connectivity index (χ4v) is 5.74. The Balaban J connectivity index is 1.77. The number of primary amides is 1. The number of hydrogen-bond acceptors (Lipinski definition) is 5. The molecule has 0 spiro atoms. The lowest BCUT2D eigenvalue weighted by atomic mass is 9.97. The minimum absolute atomic E-state index is 0.00477. The van der Waals surface area contributed by atoms with Crippen LogP contribution in [0.5, 0.6) is 5.75 Å². The zero-order chi connectivity index (χ0) is 21.2. The third-order valence-electron chi connectivity index (χ3n) is 5.75. The Hall–Kier alpha value is -2.13. The highest BCUT2D eigenvalue weighted by Gasteiger charge is 2.30. The monoisotopic (exact) mass is 423 g/mol. The first-order valence-corrected chi connectivity index (χ1v) is 11.5. The lowest BCUT2D eigenvalue weighted by molar-refractivity contribution is -0.139. The highest BCUT2D eigenvalue weighted by Crippen LogP contribution is 2.27. The molecule has 2 amide bonds. The van der Waals surface area contributed by atoms with Crippen molar-refractivity contribution in [2.45, 2.75) is 62.9 Å². The molecule has 2 fully saturated rings. The fraction of sp³-hybridized carbons (Fsp3) is 0.600. The van der Waals surface area contributed by atoms with Gasteiger partial charge in [-0.25, -0.2) is 8.42 Å². The van der Waals surface area contributed by atoms with E-state index in [2.05, 4.69) is 0 Å². The van der Waals surface area contributed by atoms with Gasteiger partial charge in [0, 0.05) is 25.2 Å². The summed E-state index contributed by atoms with van der Waals surface area (Å²) in [5.41, 5.74) is 5.41. The van der Waals surface area contributed by atoms with Crippen molar-refractivity contribution in [1.29, 1.82) is 0 Å². The molecular weight excluding hydrogens is 394 g/mol.